The maximum Gasteiger partial charge on any atom is 0.160 e. The van der Waals surface area contributed by atoms with Gasteiger partial charge in [-0.2, -0.15) is 5.26 Å². The molecule has 3 nitrogen and oxygen atoms in total. The molecule has 0 N–H and O–H groups in total. The minimum Gasteiger partial charge on any atom is -0.228 e. The van der Waals surface area contributed by atoms with E-state index >= 15 is 0 Å². The zero-order valence-electron chi connectivity index (χ0n) is 28.1. The molecule has 3 atom stereocenters. The number of aromatic nitrogens is 2. The van der Waals surface area contributed by atoms with E-state index in [1.54, 1.807) is 0 Å². The van der Waals surface area contributed by atoms with E-state index in [-0.39, 0.29) is 11.8 Å². The van der Waals surface area contributed by atoms with Crippen molar-refractivity contribution >= 4 is 11.8 Å². The van der Waals surface area contributed by atoms with Crippen molar-refractivity contribution in [2.24, 2.45) is 5.92 Å². The molecular weight excluding hydrogens is 651 g/mol. The molecule has 3 aliphatic rings. The third kappa shape index (κ3) is 4.60. The monoisotopic (exact) mass is 681 g/mol. The average molecular weight is 682 g/mol. The summed E-state index contributed by atoms with van der Waals surface area (Å²) in [7, 11) is 0. The second-order valence-corrected chi connectivity index (χ2v) is 14.6. The predicted octanol–water partition coefficient (Wildman–Crippen LogP) is 11.7. The Morgan fingerprint density at radius 1 is 0.538 bits per heavy atom. The van der Waals surface area contributed by atoms with Crippen LogP contribution >= 0.6 is 11.8 Å². The molecule has 1 spiro atoms. The molecule has 3 unspecified atom stereocenters. The molecule has 1 aliphatic heterocycles. The smallest absolute Gasteiger partial charge is 0.160 e. The Hall–Kier alpha value is -6.28. The fourth-order valence-corrected chi connectivity index (χ4v) is 10.2. The molecule has 6 aromatic carbocycles. The van der Waals surface area contributed by atoms with Gasteiger partial charge in [-0.05, 0) is 51.6 Å². The highest BCUT2D eigenvalue weighted by atomic mass is 32.2. The van der Waals surface area contributed by atoms with Crippen molar-refractivity contribution < 1.29 is 0 Å². The van der Waals surface area contributed by atoms with Gasteiger partial charge < -0.3 is 0 Å². The Kier molecular flexibility index (Phi) is 7.16. The van der Waals surface area contributed by atoms with Gasteiger partial charge in [0, 0.05) is 38.3 Å². The lowest BCUT2D eigenvalue weighted by Gasteiger charge is -2.44. The van der Waals surface area contributed by atoms with Crippen molar-refractivity contribution in [3.63, 3.8) is 0 Å². The van der Waals surface area contributed by atoms with Crippen LogP contribution in [-0.4, -0.2) is 9.97 Å². The van der Waals surface area contributed by atoms with Gasteiger partial charge in [-0.3, -0.25) is 0 Å². The molecule has 0 fully saturated rings. The van der Waals surface area contributed by atoms with Gasteiger partial charge in [0.05, 0.1) is 28.4 Å². The summed E-state index contributed by atoms with van der Waals surface area (Å²) in [6.45, 7) is 0. The van der Waals surface area contributed by atoms with Crippen LogP contribution in [0.2, 0.25) is 0 Å². The van der Waals surface area contributed by atoms with Crippen molar-refractivity contribution in [3.05, 3.63) is 204 Å². The summed E-state index contributed by atoms with van der Waals surface area (Å²) in [5, 5.41) is 9.87. The van der Waals surface area contributed by atoms with E-state index in [0.717, 1.165) is 39.2 Å². The van der Waals surface area contributed by atoms with Crippen LogP contribution in [0.15, 0.2) is 186 Å². The molecule has 52 heavy (non-hydrogen) atoms. The van der Waals surface area contributed by atoms with Gasteiger partial charge in [0.2, 0.25) is 0 Å². The van der Waals surface area contributed by atoms with Gasteiger partial charge in [0.1, 0.15) is 0 Å². The van der Waals surface area contributed by atoms with Crippen molar-refractivity contribution in [2.45, 2.75) is 21.1 Å². The third-order valence-electron chi connectivity index (χ3n) is 10.9. The number of rotatable bonds is 4. The number of hydrogen-bond donors (Lipinski definition) is 0. The lowest BCUT2D eigenvalue weighted by molar-refractivity contribution is 0.442. The maximum atomic E-state index is 9.87. The normalized spacial score (nSPS) is 19.0. The largest absolute Gasteiger partial charge is 0.228 e. The highest BCUT2D eigenvalue weighted by Crippen LogP contribution is 2.66. The van der Waals surface area contributed by atoms with E-state index in [9.17, 15) is 5.26 Å². The van der Waals surface area contributed by atoms with E-state index in [0.29, 0.717) is 11.4 Å². The zero-order valence-corrected chi connectivity index (χ0v) is 29.0. The predicted molar refractivity (Wildman–Crippen MR) is 210 cm³/mol. The number of allylic oxidation sites excluding steroid dienone is 4. The first-order valence-electron chi connectivity index (χ1n) is 17.6. The Labute approximate surface area is 307 Å². The van der Waals surface area contributed by atoms with E-state index in [2.05, 4.69) is 140 Å². The van der Waals surface area contributed by atoms with Crippen LogP contribution in [0.25, 0.3) is 45.0 Å². The summed E-state index contributed by atoms with van der Waals surface area (Å²) >= 11 is 1.83. The first kappa shape index (κ1) is 30.5. The van der Waals surface area contributed by atoms with Crippen molar-refractivity contribution in [2.75, 3.05) is 0 Å². The molecule has 4 heteroatoms. The van der Waals surface area contributed by atoms with Gasteiger partial charge in [-0.15, -0.1) is 0 Å². The number of fused-ring (bicyclic) bond motifs is 9. The van der Waals surface area contributed by atoms with Gasteiger partial charge >= 0.3 is 0 Å². The van der Waals surface area contributed by atoms with Crippen molar-refractivity contribution in [3.8, 4) is 51.1 Å². The van der Waals surface area contributed by atoms with Crippen LogP contribution < -0.4 is 0 Å². The number of nitriles is 1. The molecule has 0 saturated carbocycles. The maximum absolute atomic E-state index is 9.87. The molecule has 0 saturated heterocycles. The Morgan fingerprint density at radius 2 is 1.15 bits per heavy atom. The fourth-order valence-electron chi connectivity index (χ4n) is 8.70. The fraction of sp³-hybridized carbons (Fsp3) is 0.0625. The molecule has 0 amide bonds. The lowest BCUT2D eigenvalue weighted by atomic mass is 9.62. The van der Waals surface area contributed by atoms with Gasteiger partial charge in [-0.25, -0.2) is 9.97 Å². The standard InChI is InChI=1S/C48H31N3S/c49-30-31-14-11-19-34(28-31)35-22-12-26-41-45(35)52-46-38(44-29-43(32-15-3-1-4-16-32)50-47(51-44)33-17-5-2-6-18-33)23-13-27-42(46)48(41)39-24-9-7-20-36(39)37-21-8-10-25-40(37)48/h1-29,36,39H. The van der Waals surface area contributed by atoms with E-state index < -0.39 is 5.41 Å². The third-order valence-corrected chi connectivity index (χ3v) is 12.2. The van der Waals surface area contributed by atoms with Crippen LogP contribution in [0.1, 0.15) is 33.7 Å². The van der Waals surface area contributed by atoms with Crippen molar-refractivity contribution in [1.82, 2.24) is 9.97 Å². The average Bonchev–Trinajstić information content (AvgIpc) is 3.51. The number of benzene rings is 6. The highest BCUT2D eigenvalue weighted by molar-refractivity contribution is 7.99. The molecule has 1 aromatic heterocycles. The van der Waals surface area contributed by atoms with E-state index in [1.165, 1.54) is 32.0 Å². The highest BCUT2D eigenvalue weighted by Gasteiger charge is 2.56. The summed E-state index contributed by atoms with van der Waals surface area (Å²) in [5.41, 5.74) is 12.6. The topological polar surface area (TPSA) is 49.6 Å². The van der Waals surface area contributed by atoms with E-state index in [4.69, 9.17) is 9.97 Å². The Morgan fingerprint density at radius 3 is 1.94 bits per heavy atom. The van der Waals surface area contributed by atoms with Crippen LogP contribution in [0.5, 0.6) is 0 Å². The molecule has 7 aromatic rings. The summed E-state index contributed by atoms with van der Waals surface area (Å²) in [5.74, 6) is 1.12. The minimum atomic E-state index is -0.450. The van der Waals surface area contributed by atoms with Gasteiger partial charge in [-0.1, -0.05) is 170 Å². The number of nitrogens with zero attached hydrogens (tertiary/aromatic N) is 3. The molecule has 2 aliphatic carbocycles. The van der Waals surface area contributed by atoms with Crippen LogP contribution in [0.3, 0.4) is 0 Å². The van der Waals surface area contributed by atoms with Gasteiger partial charge in [0.15, 0.2) is 5.82 Å². The Bertz CT molecular complexity index is 2580. The second-order valence-electron chi connectivity index (χ2n) is 13.6. The Balaban J connectivity index is 1.29. The molecule has 244 valence electrons. The second kappa shape index (κ2) is 12.2. The van der Waals surface area contributed by atoms with E-state index in [1.807, 2.05) is 54.2 Å². The zero-order chi connectivity index (χ0) is 34.6. The van der Waals surface area contributed by atoms with Crippen LogP contribution in [0.4, 0.5) is 0 Å². The molecule has 2 heterocycles. The first-order chi connectivity index (χ1) is 25.7. The minimum absolute atomic E-state index is 0.175. The molecular formula is C48H31N3S. The van der Waals surface area contributed by atoms with Crippen molar-refractivity contribution in [1.29, 1.82) is 5.26 Å². The first-order valence-corrected chi connectivity index (χ1v) is 18.5. The number of hydrogen-bond acceptors (Lipinski definition) is 4. The lowest BCUT2D eigenvalue weighted by Crippen LogP contribution is -2.38. The summed E-state index contributed by atoms with van der Waals surface area (Å²) < 4.78 is 0. The summed E-state index contributed by atoms with van der Waals surface area (Å²) in [4.78, 5) is 12.9. The SMILES string of the molecule is N#Cc1cccc(-c2cccc3c2Sc2c(-c4cc(-c5ccccc5)nc(-c5ccccc5)n4)cccc2C32c3ccccc3C3C=CC=CC32)c1. The summed E-state index contributed by atoms with van der Waals surface area (Å²) in [6, 6.07) is 55.7. The van der Waals surface area contributed by atoms with Crippen LogP contribution in [0, 0.1) is 17.2 Å². The summed E-state index contributed by atoms with van der Waals surface area (Å²) in [6.07, 6.45) is 9.23. The molecule has 10 rings (SSSR count). The van der Waals surface area contributed by atoms with Gasteiger partial charge in [0.25, 0.3) is 0 Å². The van der Waals surface area contributed by atoms with Crippen LogP contribution in [-0.2, 0) is 5.41 Å². The molecule has 0 radical (unpaired) electrons. The quantitative estimate of drug-likeness (QED) is 0.186. The molecule has 0 bridgehead atoms.